The lowest BCUT2D eigenvalue weighted by Gasteiger charge is -1.93. The van der Waals surface area contributed by atoms with Crippen molar-refractivity contribution >= 4 is 11.3 Å². The summed E-state index contributed by atoms with van der Waals surface area (Å²) in [6.07, 6.45) is 1.60. The van der Waals surface area contributed by atoms with Gasteiger partial charge >= 0.3 is 0 Å². The predicted octanol–water partition coefficient (Wildman–Crippen LogP) is 0.626. The maximum absolute atomic E-state index is 9.08. The third kappa shape index (κ3) is 1.28. The zero-order valence-electron chi connectivity index (χ0n) is 5.53. The molecule has 3 heteroatoms. The van der Waals surface area contributed by atoms with Crippen LogP contribution in [-0.4, -0.2) is 5.11 Å². The first-order chi connectivity index (χ1) is 4.22. The molecule has 0 aliphatic heterocycles. The van der Waals surface area contributed by atoms with E-state index in [9.17, 15) is 0 Å². The Morgan fingerprint density at radius 2 is 2.44 bits per heavy atom. The Morgan fingerprint density at radius 1 is 1.78 bits per heavy atom. The summed E-state index contributed by atoms with van der Waals surface area (Å²) < 4.78 is 1.93. The summed E-state index contributed by atoms with van der Waals surface area (Å²) in [5.41, 5.74) is 0. The van der Waals surface area contributed by atoms with E-state index in [1.165, 1.54) is 0 Å². The number of rotatable bonds is 1. The molecule has 0 aromatic carbocycles. The summed E-state index contributed by atoms with van der Waals surface area (Å²) >= 11 is 1.57. The highest BCUT2D eigenvalue weighted by Gasteiger charge is 2.12. The van der Waals surface area contributed by atoms with Crippen molar-refractivity contribution in [1.82, 2.24) is 0 Å². The smallest absolute Gasteiger partial charge is 0.265 e. The largest absolute Gasteiger partial charge is 0.381 e. The van der Waals surface area contributed by atoms with Crippen LogP contribution < -0.4 is 4.57 Å². The van der Waals surface area contributed by atoms with Crippen LogP contribution in [0.15, 0.2) is 11.6 Å². The van der Waals surface area contributed by atoms with Gasteiger partial charge < -0.3 is 5.11 Å². The Morgan fingerprint density at radius 3 is 2.67 bits per heavy atom. The molecule has 9 heavy (non-hydrogen) atoms. The lowest BCUT2D eigenvalue weighted by atomic mass is 10.4. The molecular weight excluding hydrogens is 134 g/mol. The Labute approximate surface area is 58.4 Å². The first kappa shape index (κ1) is 6.71. The average Bonchev–Trinajstić information content (AvgIpc) is 2.13. The highest BCUT2D eigenvalue weighted by Crippen LogP contribution is 2.11. The molecule has 0 radical (unpaired) electrons. The summed E-state index contributed by atoms with van der Waals surface area (Å²) in [5, 5.41) is 12.0. The van der Waals surface area contributed by atoms with Gasteiger partial charge in [0.15, 0.2) is 6.20 Å². The van der Waals surface area contributed by atoms with E-state index in [1.807, 2.05) is 23.2 Å². The second-order valence-electron chi connectivity index (χ2n) is 2.03. The van der Waals surface area contributed by atoms with Crippen LogP contribution in [0, 0.1) is 0 Å². The first-order valence-corrected chi connectivity index (χ1v) is 3.71. The normalized spacial score (nSPS) is 13.7. The minimum absolute atomic E-state index is 0.338. The van der Waals surface area contributed by atoms with Gasteiger partial charge in [0.05, 0.1) is 5.38 Å². The molecule has 1 N–H and O–H groups in total. The fourth-order valence-corrected chi connectivity index (χ4v) is 1.55. The van der Waals surface area contributed by atoms with E-state index in [1.54, 1.807) is 18.3 Å². The molecule has 1 heterocycles. The van der Waals surface area contributed by atoms with Crippen LogP contribution >= 0.6 is 11.3 Å². The van der Waals surface area contributed by atoms with Crippen LogP contribution in [0.3, 0.4) is 0 Å². The van der Waals surface area contributed by atoms with Crippen molar-refractivity contribution in [2.75, 3.05) is 0 Å². The maximum Gasteiger partial charge on any atom is 0.265 e. The van der Waals surface area contributed by atoms with E-state index < -0.39 is 0 Å². The number of aryl methyl sites for hydroxylation is 1. The zero-order chi connectivity index (χ0) is 6.85. The van der Waals surface area contributed by atoms with Crippen molar-refractivity contribution in [3.63, 3.8) is 0 Å². The number of hydrogen-bond donors (Lipinski definition) is 1. The van der Waals surface area contributed by atoms with E-state index in [4.69, 9.17) is 5.11 Å². The fourth-order valence-electron chi connectivity index (χ4n) is 0.741. The summed E-state index contributed by atoms with van der Waals surface area (Å²) in [6, 6.07) is 0. The molecule has 0 spiro atoms. The molecule has 1 aromatic rings. The van der Waals surface area contributed by atoms with E-state index in [-0.39, 0.29) is 6.10 Å². The molecular formula is C6H10NOS+. The summed E-state index contributed by atoms with van der Waals surface area (Å²) in [7, 11) is 1.93. The lowest BCUT2D eigenvalue weighted by Crippen LogP contribution is -2.30. The van der Waals surface area contributed by atoms with Gasteiger partial charge in [-0.2, -0.15) is 4.57 Å². The summed E-state index contributed by atoms with van der Waals surface area (Å²) in [5.74, 6) is 0. The molecule has 0 fully saturated rings. The van der Waals surface area contributed by atoms with Gasteiger partial charge in [0, 0.05) is 0 Å². The van der Waals surface area contributed by atoms with Crippen molar-refractivity contribution in [3.05, 3.63) is 16.6 Å². The first-order valence-electron chi connectivity index (χ1n) is 2.83. The van der Waals surface area contributed by atoms with Crippen molar-refractivity contribution in [2.45, 2.75) is 13.0 Å². The topological polar surface area (TPSA) is 24.1 Å². The van der Waals surface area contributed by atoms with Gasteiger partial charge in [-0.25, -0.2) is 0 Å². The number of aliphatic hydroxyl groups is 1. The molecule has 1 rings (SSSR count). The van der Waals surface area contributed by atoms with Gasteiger partial charge in [0.1, 0.15) is 13.2 Å². The molecule has 1 unspecified atom stereocenters. The number of aliphatic hydroxyl groups excluding tert-OH is 1. The molecule has 0 saturated carbocycles. The summed E-state index contributed by atoms with van der Waals surface area (Å²) in [4.78, 5) is 0. The van der Waals surface area contributed by atoms with Crippen molar-refractivity contribution in [1.29, 1.82) is 0 Å². The van der Waals surface area contributed by atoms with E-state index >= 15 is 0 Å². The van der Waals surface area contributed by atoms with Crippen LogP contribution in [0.25, 0.3) is 0 Å². The third-order valence-electron chi connectivity index (χ3n) is 1.18. The molecule has 1 aromatic heterocycles. The zero-order valence-corrected chi connectivity index (χ0v) is 6.35. The maximum atomic E-state index is 9.08. The van der Waals surface area contributed by atoms with Crippen LogP contribution in [-0.2, 0) is 7.05 Å². The minimum atomic E-state index is -0.338. The second-order valence-corrected chi connectivity index (χ2v) is 2.95. The predicted molar refractivity (Wildman–Crippen MR) is 36.1 cm³/mol. The van der Waals surface area contributed by atoms with Gasteiger partial charge in [-0.3, -0.25) is 0 Å². The van der Waals surface area contributed by atoms with E-state index in [0.717, 1.165) is 5.01 Å². The number of thiazole rings is 1. The third-order valence-corrected chi connectivity index (χ3v) is 2.31. The SMILES string of the molecule is CC(O)c1scc[n+]1C. The quantitative estimate of drug-likeness (QED) is 0.574. The number of aromatic nitrogens is 1. The van der Waals surface area contributed by atoms with Crippen LogP contribution in [0.5, 0.6) is 0 Å². The second kappa shape index (κ2) is 2.45. The van der Waals surface area contributed by atoms with Crippen LogP contribution in [0.4, 0.5) is 0 Å². The average molecular weight is 144 g/mol. The Balaban J connectivity index is 2.94. The fraction of sp³-hybridized carbons (Fsp3) is 0.500. The molecule has 1 atom stereocenters. The molecule has 0 aliphatic rings. The van der Waals surface area contributed by atoms with E-state index in [2.05, 4.69) is 0 Å². The molecule has 0 aliphatic carbocycles. The Bertz CT molecular complexity index is 195. The summed E-state index contributed by atoms with van der Waals surface area (Å²) in [6.45, 7) is 1.77. The molecule has 0 saturated heterocycles. The number of hydrogen-bond acceptors (Lipinski definition) is 2. The number of nitrogens with zero attached hydrogens (tertiary/aromatic N) is 1. The molecule has 0 bridgehead atoms. The van der Waals surface area contributed by atoms with Gasteiger partial charge in [-0.15, -0.1) is 0 Å². The van der Waals surface area contributed by atoms with Gasteiger partial charge in [-0.05, 0) is 6.92 Å². The van der Waals surface area contributed by atoms with Gasteiger partial charge in [0.25, 0.3) is 5.01 Å². The van der Waals surface area contributed by atoms with Crippen LogP contribution in [0.2, 0.25) is 0 Å². The van der Waals surface area contributed by atoms with Crippen molar-refractivity contribution in [2.24, 2.45) is 7.05 Å². The highest BCUT2D eigenvalue weighted by atomic mass is 32.1. The van der Waals surface area contributed by atoms with Crippen molar-refractivity contribution in [3.8, 4) is 0 Å². The van der Waals surface area contributed by atoms with Crippen LogP contribution in [0.1, 0.15) is 18.0 Å². The van der Waals surface area contributed by atoms with Gasteiger partial charge in [-0.1, -0.05) is 11.3 Å². The Hall–Kier alpha value is -0.410. The van der Waals surface area contributed by atoms with E-state index in [0.29, 0.717) is 0 Å². The standard InChI is InChI=1S/C6H10NOS/c1-5(8)6-7(2)3-4-9-6/h3-5,8H,1-2H3/q+1. The molecule has 0 amide bonds. The lowest BCUT2D eigenvalue weighted by molar-refractivity contribution is -0.677. The highest BCUT2D eigenvalue weighted by molar-refractivity contribution is 7.09. The molecule has 2 nitrogen and oxygen atoms in total. The Kier molecular flexibility index (Phi) is 1.83. The van der Waals surface area contributed by atoms with Crippen molar-refractivity contribution < 1.29 is 9.67 Å². The monoisotopic (exact) mass is 144 g/mol. The molecule has 50 valence electrons. The minimum Gasteiger partial charge on any atom is -0.381 e. The van der Waals surface area contributed by atoms with Gasteiger partial charge in [0.2, 0.25) is 0 Å².